The number of carbonyl (C=O) groups excluding carboxylic acids is 1. The maximum absolute atomic E-state index is 11.4. The average Bonchev–Trinajstić information content (AvgIpc) is 2.65. The summed E-state index contributed by atoms with van der Waals surface area (Å²) in [6.07, 6.45) is 0. The highest BCUT2D eigenvalue weighted by molar-refractivity contribution is 5.93. The Morgan fingerprint density at radius 2 is 2.30 bits per heavy atom. The van der Waals surface area contributed by atoms with Crippen molar-refractivity contribution in [3.63, 3.8) is 0 Å². The molecule has 6 nitrogen and oxygen atoms in total. The number of hydrogen-bond donors (Lipinski definition) is 2. The molecular weight excluding hydrogens is 258 g/mol. The zero-order chi connectivity index (χ0) is 14.5. The van der Waals surface area contributed by atoms with Gasteiger partial charge in [-0.2, -0.15) is 0 Å². The summed E-state index contributed by atoms with van der Waals surface area (Å²) in [5, 5.41) is 8.66. The Hall–Kier alpha value is -1.63. The second-order valence-corrected chi connectivity index (χ2v) is 5.19. The minimum atomic E-state index is -0.523. The normalized spacial score (nSPS) is 15.4. The van der Waals surface area contributed by atoms with Crippen LogP contribution in [0.2, 0.25) is 0 Å². The van der Waals surface area contributed by atoms with Gasteiger partial charge in [-0.1, -0.05) is 6.07 Å². The van der Waals surface area contributed by atoms with E-state index in [1.807, 2.05) is 6.07 Å². The van der Waals surface area contributed by atoms with Gasteiger partial charge < -0.3 is 9.64 Å². The molecule has 2 rings (SSSR count). The van der Waals surface area contributed by atoms with E-state index in [0.29, 0.717) is 12.2 Å². The van der Waals surface area contributed by atoms with Gasteiger partial charge in [-0.05, 0) is 26.2 Å². The molecule has 20 heavy (non-hydrogen) atoms. The Labute approximate surface area is 118 Å². The average molecular weight is 279 g/mol. The van der Waals surface area contributed by atoms with Crippen LogP contribution in [0, 0.1) is 0 Å². The minimum Gasteiger partial charge on any atom is -0.492 e. The molecule has 1 aliphatic heterocycles. The topological polar surface area (TPSA) is 65.0 Å². The van der Waals surface area contributed by atoms with E-state index < -0.39 is 5.91 Å². The lowest BCUT2D eigenvalue weighted by Gasteiger charge is -2.21. The number of hydrogen-bond acceptors (Lipinski definition) is 5. The number of nitrogens with one attached hydrogen (secondary N) is 1. The molecule has 0 spiro atoms. The van der Waals surface area contributed by atoms with Gasteiger partial charge in [0.2, 0.25) is 0 Å². The van der Waals surface area contributed by atoms with Crippen LogP contribution in [0.3, 0.4) is 0 Å². The maximum atomic E-state index is 11.4. The second kappa shape index (κ2) is 6.69. The van der Waals surface area contributed by atoms with Gasteiger partial charge in [0.15, 0.2) is 0 Å². The predicted octanol–water partition coefficient (Wildman–Crippen LogP) is 0.562. The summed E-state index contributed by atoms with van der Waals surface area (Å²) < 4.78 is 5.70. The fraction of sp³-hybridized carbons (Fsp3) is 0.500. The summed E-state index contributed by atoms with van der Waals surface area (Å²) in [5.74, 6) is 0.198. The first-order chi connectivity index (χ1) is 9.60. The van der Waals surface area contributed by atoms with Crippen LogP contribution in [0.15, 0.2) is 18.2 Å². The molecule has 0 bridgehead atoms. The highest BCUT2D eigenvalue weighted by Crippen LogP contribution is 2.24. The molecule has 0 saturated heterocycles. The summed E-state index contributed by atoms with van der Waals surface area (Å²) in [4.78, 5) is 15.9. The number of hydroxylamine groups is 1. The van der Waals surface area contributed by atoms with E-state index in [0.717, 1.165) is 37.5 Å². The molecule has 0 aliphatic carbocycles. The van der Waals surface area contributed by atoms with Gasteiger partial charge >= 0.3 is 0 Å². The summed E-state index contributed by atoms with van der Waals surface area (Å²) in [6, 6.07) is 5.26. The lowest BCUT2D eigenvalue weighted by atomic mass is 10.1. The van der Waals surface area contributed by atoms with Crippen molar-refractivity contribution in [1.82, 2.24) is 15.3 Å². The lowest BCUT2D eigenvalue weighted by Crippen LogP contribution is -2.32. The largest absolute Gasteiger partial charge is 0.492 e. The molecule has 110 valence electrons. The monoisotopic (exact) mass is 279 g/mol. The zero-order valence-electron chi connectivity index (χ0n) is 11.9. The van der Waals surface area contributed by atoms with Gasteiger partial charge in [-0.15, -0.1) is 0 Å². The first-order valence-electron chi connectivity index (χ1n) is 6.67. The molecule has 0 saturated carbocycles. The lowest BCUT2D eigenvalue weighted by molar-refractivity contribution is 0.0706. The van der Waals surface area contributed by atoms with Crippen molar-refractivity contribution in [1.29, 1.82) is 0 Å². The molecule has 1 aromatic carbocycles. The molecule has 1 aromatic rings. The molecule has 1 aliphatic rings. The molecule has 0 fully saturated rings. The quantitative estimate of drug-likeness (QED) is 0.623. The first kappa shape index (κ1) is 14.8. The summed E-state index contributed by atoms with van der Waals surface area (Å²) in [7, 11) is 4.12. The molecule has 0 radical (unpaired) electrons. The van der Waals surface area contributed by atoms with Crippen LogP contribution in [0.5, 0.6) is 5.75 Å². The fourth-order valence-electron chi connectivity index (χ4n) is 2.16. The summed E-state index contributed by atoms with van der Waals surface area (Å²) in [6.45, 7) is 4.26. The Balaban J connectivity index is 2.10. The highest BCUT2D eigenvalue weighted by Gasteiger charge is 2.17. The number of likely N-dealkylation sites (N-methyl/N-ethyl adjacent to an activating group) is 1. The zero-order valence-corrected chi connectivity index (χ0v) is 11.9. The number of benzene rings is 1. The SMILES string of the molecule is CN(C)CCN1CCOc2cc(C(=O)NO)ccc2C1. The second-order valence-electron chi connectivity index (χ2n) is 5.19. The van der Waals surface area contributed by atoms with Gasteiger partial charge in [0.05, 0.1) is 0 Å². The molecule has 1 amide bonds. The van der Waals surface area contributed by atoms with Gasteiger partial charge in [-0.3, -0.25) is 14.9 Å². The number of fused-ring (bicyclic) bond motifs is 1. The Bertz CT molecular complexity index is 477. The Kier molecular flexibility index (Phi) is 4.94. The van der Waals surface area contributed by atoms with Crippen molar-refractivity contribution >= 4 is 5.91 Å². The van der Waals surface area contributed by atoms with Gasteiger partial charge in [-0.25, -0.2) is 5.48 Å². The van der Waals surface area contributed by atoms with Crippen molar-refractivity contribution in [3.8, 4) is 5.75 Å². The van der Waals surface area contributed by atoms with E-state index in [2.05, 4.69) is 23.9 Å². The fourth-order valence-corrected chi connectivity index (χ4v) is 2.16. The minimum absolute atomic E-state index is 0.396. The van der Waals surface area contributed by atoms with Crippen LogP contribution in [-0.4, -0.2) is 61.3 Å². The van der Waals surface area contributed by atoms with Crippen LogP contribution >= 0.6 is 0 Å². The predicted molar refractivity (Wildman–Crippen MR) is 75.0 cm³/mol. The van der Waals surface area contributed by atoms with Crippen molar-refractivity contribution < 1.29 is 14.7 Å². The maximum Gasteiger partial charge on any atom is 0.274 e. The van der Waals surface area contributed by atoms with Crippen molar-refractivity contribution in [2.45, 2.75) is 6.54 Å². The van der Waals surface area contributed by atoms with E-state index in [9.17, 15) is 4.79 Å². The van der Waals surface area contributed by atoms with Crippen LogP contribution in [0.25, 0.3) is 0 Å². The van der Waals surface area contributed by atoms with Gasteiger partial charge in [0.1, 0.15) is 12.4 Å². The van der Waals surface area contributed by atoms with Gasteiger partial charge in [0.25, 0.3) is 5.91 Å². The number of carbonyl (C=O) groups is 1. The van der Waals surface area contributed by atoms with Crippen LogP contribution < -0.4 is 10.2 Å². The third kappa shape index (κ3) is 3.69. The summed E-state index contributed by atoms with van der Waals surface area (Å²) in [5.41, 5.74) is 3.10. The molecule has 0 atom stereocenters. The Morgan fingerprint density at radius 3 is 3.00 bits per heavy atom. The number of nitrogens with zero attached hydrogens (tertiary/aromatic N) is 2. The Morgan fingerprint density at radius 1 is 1.50 bits per heavy atom. The van der Waals surface area contributed by atoms with Crippen molar-refractivity contribution in [3.05, 3.63) is 29.3 Å². The van der Waals surface area contributed by atoms with E-state index >= 15 is 0 Å². The third-order valence-electron chi connectivity index (χ3n) is 3.35. The van der Waals surface area contributed by atoms with Crippen LogP contribution in [0.4, 0.5) is 0 Å². The third-order valence-corrected chi connectivity index (χ3v) is 3.35. The molecule has 1 heterocycles. The molecular formula is C14H21N3O3. The number of amides is 1. The van der Waals surface area contributed by atoms with E-state index in [1.165, 1.54) is 0 Å². The van der Waals surface area contributed by atoms with Crippen LogP contribution in [0.1, 0.15) is 15.9 Å². The molecule has 6 heteroatoms. The smallest absolute Gasteiger partial charge is 0.274 e. The van der Waals surface area contributed by atoms with Crippen molar-refractivity contribution in [2.75, 3.05) is 40.3 Å². The van der Waals surface area contributed by atoms with E-state index in [-0.39, 0.29) is 0 Å². The number of rotatable bonds is 4. The highest BCUT2D eigenvalue weighted by atomic mass is 16.5. The number of ether oxygens (including phenoxy) is 1. The van der Waals surface area contributed by atoms with E-state index in [1.54, 1.807) is 17.6 Å². The van der Waals surface area contributed by atoms with Gasteiger partial charge in [0, 0.05) is 37.3 Å². The standard InChI is InChI=1S/C14H21N3O3/c1-16(2)5-6-17-7-8-20-13-9-11(14(18)15-19)3-4-12(13)10-17/h3-4,9,19H,5-8,10H2,1-2H3,(H,15,18). The molecule has 0 aromatic heterocycles. The molecule has 2 N–H and O–H groups in total. The molecule has 0 unspecified atom stereocenters. The van der Waals surface area contributed by atoms with Crippen LogP contribution in [-0.2, 0) is 6.54 Å². The van der Waals surface area contributed by atoms with E-state index in [4.69, 9.17) is 9.94 Å². The first-order valence-corrected chi connectivity index (χ1v) is 6.67. The van der Waals surface area contributed by atoms with Crippen molar-refractivity contribution in [2.24, 2.45) is 0 Å². The summed E-state index contributed by atoms with van der Waals surface area (Å²) >= 11 is 0.